The van der Waals surface area contributed by atoms with Crippen LogP contribution in [0.15, 0.2) is 170 Å². The smallest absolute Gasteiger partial charge is 0.201 e. The van der Waals surface area contributed by atoms with Crippen LogP contribution in [0.3, 0.4) is 0 Å². The third-order valence-electron chi connectivity index (χ3n) is 12.7. The molecule has 0 aliphatic carbocycles. The van der Waals surface area contributed by atoms with E-state index in [1.54, 1.807) is 0 Å². The fraction of sp³-hybridized carbons (Fsp3) is 0.343. The molecule has 8 rings (SSSR count). The van der Waals surface area contributed by atoms with Gasteiger partial charge in [-0.15, -0.1) is 0 Å². The predicted molar refractivity (Wildman–Crippen MR) is 301 cm³/mol. The summed E-state index contributed by atoms with van der Waals surface area (Å²) < 4.78 is 33.0. The molecule has 8 aromatic rings. The molecule has 4 heteroatoms. The van der Waals surface area contributed by atoms with Gasteiger partial charge in [0.05, 0.1) is 0 Å². The van der Waals surface area contributed by atoms with Crippen molar-refractivity contribution in [3.8, 4) is 45.0 Å². The molecular weight excluding hydrogens is 861 g/mol. The minimum Gasteiger partial charge on any atom is -0.201 e. The second kappa shape index (κ2) is 25.6. The van der Waals surface area contributed by atoms with Gasteiger partial charge in [-0.3, -0.25) is 0 Å². The summed E-state index contributed by atoms with van der Waals surface area (Å²) in [6.45, 7) is 27.5. The molecule has 0 unspecified atom stereocenters. The summed E-state index contributed by atoms with van der Waals surface area (Å²) in [5.74, 6) is -0.0268. The van der Waals surface area contributed by atoms with Gasteiger partial charge in [0.25, 0.3) is 0 Å². The maximum Gasteiger partial charge on any atom is 0.212 e. The summed E-state index contributed by atoms with van der Waals surface area (Å²) >= 11 is 0. The molecule has 4 aromatic carbocycles. The maximum absolute atomic E-state index is 8.19. The van der Waals surface area contributed by atoms with Gasteiger partial charge in [0.1, 0.15) is 28.2 Å². The van der Waals surface area contributed by atoms with E-state index in [2.05, 4.69) is 230 Å². The number of pyridine rings is 4. The summed E-state index contributed by atoms with van der Waals surface area (Å²) in [6.07, 6.45) is 8.24. The highest BCUT2D eigenvalue weighted by Gasteiger charge is 2.18. The molecule has 4 heterocycles. The summed E-state index contributed by atoms with van der Waals surface area (Å²) in [7, 11) is 8.26. The van der Waals surface area contributed by atoms with E-state index in [1.807, 2.05) is 76.8 Å². The maximum atomic E-state index is 8.19. The first kappa shape index (κ1) is 50.9. The number of benzene rings is 4. The molecule has 0 aliphatic heterocycles. The van der Waals surface area contributed by atoms with E-state index in [4.69, 9.17) is 4.11 Å². The molecule has 370 valence electrons. The van der Waals surface area contributed by atoms with Crippen LogP contribution < -0.4 is 18.3 Å². The van der Waals surface area contributed by atoms with Gasteiger partial charge in [0.15, 0.2) is 24.8 Å². The Morgan fingerprint density at radius 3 is 1.03 bits per heavy atom. The van der Waals surface area contributed by atoms with Crippen LogP contribution in [0.4, 0.5) is 0 Å². The van der Waals surface area contributed by atoms with Crippen LogP contribution in [0.2, 0.25) is 0 Å². The molecule has 0 saturated carbocycles. The Balaban J connectivity index is 0.000000183. The predicted octanol–water partition coefficient (Wildman–Crippen LogP) is 15.0. The Morgan fingerprint density at radius 2 is 0.718 bits per heavy atom. The zero-order valence-electron chi connectivity index (χ0n) is 49.3. The average molecular weight is 950 g/mol. The lowest BCUT2D eigenvalue weighted by Crippen LogP contribution is -2.32. The van der Waals surface area contributed by atoms with Gasteiger partial charge in [0.2, 0.25) is 22.8 Å². The Hall–Kier alpha value is -6.52. The molecule has 0 atom stereocenters. The van der Waals surface area contributed by atoms with Crippen molar-refractivity contribution >= 4 is 0 Å². The summed E-state index contributed by atoms with van der Waals surface area (Å²) in [4.78, 5) is 0. The fourth-order valence-corrected chi connectivity index (χ4v) is 8.84. The van der Waals surface area contributed by atoms with Gasteiger partial charge in [-0.05, 0) is 134 Å². The highest BCUT2D eigenvalue weighted by molar-refractivity contribution is 5.63. The normalized spacial score (nSPS) is 12.1. The summed E-state index contributed by atoms with van der Waals surface area (Å²) in [6, 6.07) is 50.7. The minimum atomic E-state index is -1.30. The van der Waals surface area contributed by atoms with Crippen molar-refractivity contribution in [1.29, 1.82) is 0 Å². The van der Waals surface area contributed by atoms with Crippen molar-refractivity contribution in [2.45, 2.75) is 115 Å². The standard InChI is InChI=1S/C18H24N.C17H22N.2C16H20N/c1-14-8-6-7-9-16(14)17-11-10-15(13-19(17)5)12-18(2,3)4;1-13(2)11-15-9-10-17(18(4)12-15)16-8-6-5-7-14(16)3;2*1-12(2)14-9-10-16(17(4)11-14)15-8-6-5-7-13(15)3/h6-11,13H,12H2,1-5H3;5-10,12-13H,11H2,1-4H3;2*5-12H,1-4H3/q4*+1/i;11D2;12D;. The van der Waals surface area contributed by atoms with Crippen LogP contribution in [0.5, 0.6) is 0 Å². The SMILES string of the molecule is Cc1ccccc1-c1ccc(C(C)C)c[n+]1C.Cc1ccccc1-c1ccc(CC(C)(C)C)c[n+]1C.[2H]C(C)(C)c1ccc(-c2ccccc2C)[n+](C)c1.[2H]C([2H])(c1ccc(-c2ccccc2C)[n+](C)c1)C(C)C. The number of rotatable bonds is 9. The molecule has 0 saturated heterocycles. The van der Waals surface area contributed by atoms with Crippen LogP contribution in [-0.4, -0.2) is 0 Å². The monoisotopic (exact) mass is 950 g/mol. The summed E-state index contributed by atoms with van der Waals surface area (Å²) in [5.41, 5.74) is 19.9. The molecule has 0 N–H and O–H groups in total. The highest BCUT2D eigenvalue weighted by Crippen LogP contribution is 2.26. The molecule has 4 nitrogen and oxygen atoms in total. The van der Waals surface area contributed by atoms with E-state index >= 15 is 0 Å². The van der Waals surface area contributed by atoms with Crippen molar-refractivity contribution < 1.29 is 22.4 Å². The molecule has 0 spiro atoms. The van der Waals surface area contributed by atoms with Crippen LogP contribution >= 0.6 is 0 Å². The fourth-order valence-electron chi connectivity index (χ4n) is 8.84. The van der Waals surface area contributed by atoms with Crippen molar-refractivity contribution in [3.05, 3.63) is 215 Å². The van der Waals surface area contributed by atoms with Gasteiger partial charge in [-0.1, -0.05) is 135 Å². The lowest BCUT2D eigenvalue weighted by atomic mass is 9.88. The molecule has 0 bridgehead atoms. The first-order valence-corrected chi connectivity index (χ1v) is 25.4. The van der Waals surface area contributed by atoms with Gasteiger partial charge < -0.3 is 0 Å². The third kappa shape index (κ3) is 16.0. The van der Waals surface area contributed by atoms with Gasteiger partial charge >= 0.3 is 0 Å². The number of aromatic nitrogens is 4. The molecule has 4 aromatic heterocycles. The zero-order chi connectivity index (χ0) is 54.7. The first-order chi connectivity index (χ1) is 34.7. The molecule has 0 aliphatic rings. The number of hydrogen-bond donors (Lipinski definition) is 0. The van der Waals surface area contributed by atoms with E-state index in [-0.39, 0.29) is 5.92 Å². The van der Waals surface area contributed by atoms with Gasteiger partial charge in [-0.25, -0.2) is 18.3 Å². The Labute approximate surface area is 434 Å². The second-order valence-corrected chi connectivity index (χ2v) is 21.3. The second-order valence-electron chi connectivity index (χ2n) is 21.3. The topological polar surface area (TPSA) is 15.5 Å². The van der Waals surface area contributed by atoms with E-state index in [0.717, 1.165) is 23.2 Å². The Bertz CT molecular complexity index is 3140. The van der Waals surface area contributed by atoms with Gasteiger partial charge in [-0.2, -0.15) is 0 Å². The lowest BCUT2D eigenvalue weighted by Gasteiger charge is -2.17. The van der Waals surface area contributed by atoms with E-state index < -0.39 is 12.3 Å². The molecule has 0 fully saturated rings. The quantitative estimate of drug-likeness (QED) is 0.128. The van der Waals surface area contributed by atoms with Gasteiger partial charge in [0, 0.05) is 72.9 Å². The molecule has 0 radical (unpaired) electrons. The van der Waals surface area contributed by atoms with Crippen molar-refractivity contribution in [1.82, 2.24) is 0 Å². The minimum absolute atomic E-state index is 0.0492. The van der Waals surface area contributed by atoms with Crippen molar-refractivity contribution in [2.24, 2.45) is 39.5 Å². The first-order valence-electron chi connectivity index (χ1n) is 26.9. The van der Waals surface area contributed by atoms with Crippen molar-refractivity contribution in [3.63, 3.8) is 0 Å². The number of nitrogens with zero attached hydrogens (tertiary/aromatic N) is 4. The molecule has 0 amide bonds. The molecule has 71 heavy (non-hydrogen) atoms. The Morgan fingerprint density at radius 1 is 0.408 bits per heavy atom. The Kier molecular flexibility index (Phi) is 18.3. The van der Waals surface area contributed by atoms with Crippen LogP contribution in [-0.2, 0) is 41.0 Å². The van der Waals surface area contributed by atoms with E-state index in [1.165, 1.54) is 72.7 Å². The molecular formula is C67H86N4+4. The summed E-state index contributed by atoms with van der Waals surface area (Å²) in [5, 5.41) is 0. The third-order valence-corrected chi connectivity index (χ3v) is 12.7. The number of hydrogen-bond acceptors (Lipinski definition) is 0. The van der Waals surface area contributed by atoms with Crippen LogP contribution in [0.1, 0.15) is 123 Å². The van der Waals surface area contributed by atoms with E-state index in [9.17, 15) is 0 Å². The van der Waals surface area contributed by atoms with Crippen molar-refractivity contribution in [2.75, 3.05) is 0 Å². The van der Waals surface area contributed by atoms with Crippen LogP contribution in [0, 0.1) is 39.0 Å². The largest absolute Gasteiger partial charge is 0.212 e. The van der Waals surface area contributed by atoms with Crippen LogP contribution in [0.25, 0.3) is 45.0 Å². The lowest BCUT2D eigenvalue weighted by molar-refractivity contribution is -0.661. The highest BCUT2D eigenvalue weighted by atomic mass is 14.9. The number of aryl methyl sites for hydroxylation is 8. The average Bonchev–Trinajstić information content (AvgIpc) is 3.32. The zero-order valence-corrected chi connectivity index (χ0v) is 46.3. The van der Waals surface area contributed by atoms with E-state index in [0.29, 0.717) is 11.3 Å².